The zero-order valence-electron chi connectivity index (χ0n) is 12.9. The van der Waals surface area contributed by atoms with Crippen LogP contribution in [0.5, 0.6) is 5.75 Å². The number of allylic oxidation sites excluding steroid dienone is 1. The molecule has 0 radical (unpaired) electrons. The van der Waals surface area contributed by atoms with E-state index in [0.29, 0.717) is 5.56 Å². The maximum atomic E-state index is 11.9. The van der Waals surface area contributed by atoms with Gasteiger partial charge in [-0.2, -0.15) is 5.10 Å². The second kappa shape index (κ2) is 7.74. The molecule has 6 nitrogen and oxygen atoms in total. The summed E-state index contributed by atoms with van der Waals surface area (Å²) < 4.78 is 6.56. The molecule has 2 aromatic rings. The minimum absolute atomic E-state index is 0.176. The third kappa shape index (κ3) is 4.41. The van der Waals surface area contributed by atoms with Crippen molar-refractivity contribution in [3.63, 3.8) is 0 Å². The van der Waals surface area contributed by atoms with Gasteiger partial charge in [0, 0.05) is 31.1 Å². The Balaban J connectivity index is 1.96. The number of pyridine rings is 1. The number of hydrazone groups is 1. The van der Waals surface area contributed by atoms with Crippen LogP contribution in [0.3, 0.4) is 0 Å². The van der Waals surface area contributed by atoms with E-state index >= 15 is 0 Å². The van der Waals surface area contributed by atoms with E-state index < -0.39 is 0 Å². The molecule has 0 fully saturated rings. The average molecular weight is 311 g/mol. The first-order chi connectivity index (χ1) is 11.1. The molecule has 1 heterocycles. The number of aryl methyl sites for hydroxylation is 1. The fourth-order valence-electron chi connectivity index (χ4n) is 1.88. The van der Waals surface area contributed by atoms with Gasteiger partial charge < -0.3 is 9.30 Å². The van der Waals surface area contributed by atoms with Crippen LogP contribution in [-0.4, -0.2) is 23.8 Å². The first-order valence-electron chi connectivity index (χ1n) is 6.91. The number of carbonyl (C=O) groups excluding carboxylic acids is 1. The Kier molecular flexibility index (Phi) is 5.46. The number of rotatable bonds is 5. The van der Waals surface area contributed by atoms with Crippen LogP contribution in [0.4, 0.5) is 0 Å². The number of methoxy groups -OCH3 is 1. The minimum Gasteiger partial charge on any atom is -0.496 e. The number of nitrogens with one attached hydrogen (secondary N) is 1. The van der Waals surface area contributed by atoms with Crippen molar-refractivity contribution in [3.05, 3.63) is 70.2 Å². The molecule has 0 spiro atoms. The van der Waals surface area contributed by atoms with Gasteiger partial charge in [-0.15, -0.1) is 0 Å². The van der Waals surface area contributed by atoms with E-state index in [4.69, 9.17) is 4.74 Å². The summed E-state index contributed by atoms with van der Waals surface area (Å²) in [4.78, 5) is 23.1. The molecule has 0 aliphatic heterocycles. The molecule has 0 unspecified atom stereocenters. The fraction of sp³-hybridized carbons (Fsp3) is 0.118. The molecule has 0 aliphatic rings. The van der Waals surface area contributed by atoms with Crippen molar-refractivity contribution in [2.75, 3.05) is 7.11 Å². The van der Waals surface area contributed by atoms with Crippen LogP contribution in [-0.2, 0) is 7.05 Å². The lowest BCUT2D eigenvalue weighted by Gasteiger charge is -2.02. The molecule has 0 saturated heterocycles. The van der Waals surface area contributed by atoms with E-state index in [-0.39, 0.29) is 11.5 Å². The zero-order chi connectivity index (χ0) is 16.7. The number of benzene rings is 1. The molecule has 1 aromatic carbocycles. The van der Waals surface area contributed by atoms with Crippen LogP contribution >= 0.6 is 0 Å². The second-order valence-electron chi connectivity index (χ2n) is 4.69. The number of amides is 1. The highest BCUT2D eigenvalue weighted by molar-refractivity contribution is 5.94. The first-order valence-corrected chi connectivity index (χ1v) is 6.91. The maximum absolute atomic E-state index is 11.9. The molecular formula is C17H17N3O3. The highest BCUT2D eigenvalue weighted by Crippen LogP contribution is 2.18. The molecule has 1 N–H and O–H groups in total. The lowest BCUT2D eigenvalue weighted by Crippen LogP contribution is -2.22. The van der Waals surface area contributed by atoms with Gasteiger partial charge in [-0.1, -0.05) is 18.2 Å². The normalized spacial score (nSPS) is 11.0. The lowest BCUT2D eigenvalue weighted by molar-refractivity contribution is 0.0954. The number of carbonyl (C=O) groups is 1. The van der Waals surface area contributed by atoms with Gasteiger partial charge in [0.1, 0.15) is 5.75 Å². The largest absolute Gasteiger partial charge is 0.496 e. The Morgan fingerprint density at radius 3 is 2.78 bits per heavy atom. The van der Waals surface area contributed by atoms with Crippen LogP contribution in [0.2, 0.25) is 0 Å². The van der Waals surface area contributed by atoms with Crippen molar-refractivity contribution < 1.29 is 9.53 Å². The van der Waals surface area contributed by atoms with Gasteiger partial charge in [0.25, 0.3) is 5.91 Å². The zero-order valence-corrected chi connectivity index (χ0v) is 12.9. The molecule has 0 aliphatic carbocycles. The third-order valence-corrected chi connectivity index (χ3v) is 3.09. The monoisotopic (exact) mass is 311 g/mol. The smallest absolute Gasteiger partial charge is 0.272 e. The number of hydrogen-bond donors (Lipinski definition) is 1. The summed E-state index contributed by atoms with van der Waals surface area (Å²) in [5.74, 6) is 0.369. The topological polar surface area (TPSA) is 72.7 Å². The lowest BCUT2D eigenvalue weighted by atomic mass is 10.2. The van der Waals surface area contributed by atoms with Crippen LogP contribution in [0.1, 0.15) is 15.9 Å². The second-order valence-corrected chi connectivity index (χ2v) is 4.69. The van der Waals surface area contributed by atoms with Gasteiger partial charge in [0.2, 0.25) is 5.56 Å². The van der Waals surface area contributed by atoms with Gasteiger partial charge in [0.05, 0.1) is 12.7 Å². The summed E-state index contributed by atoms with van der Waals surface area (Å²) in [6.45, 7) is 0. The summed E-state index contributed by atoms with van der Waals surface area (Å²) in [6, 6.07) is 10.3. The van der Waals surface area contributed by atoms with Crippen LogP contribution < -0.4 is 15.7 Å². The number of ether oxygens (including phenoxy) is 1. The van der Waals surface area contributed by atoms with Gasteiger partial charge in [-0.3, -0.25) is 9.59 Å². The van der Waals surface area contributed by atoms with E-state index in [1.807, 2.05) is 30.3 Å². The van der Waals surface area contributed by atoms with Gasteiger partial charge in [-0.25, -0.2) is 5.43 Å². The van der Waals surface area contributed by atoms with Crippen molar-refractivity contribution in [3.8, 4) is 5.75 Å². The maximum Gasteiger partial charge on any atom is 0.272 e. The van der Waals surface area contributed by atoms with E-state index in [9.17, 15) is 9.59 Å². The van der Waals surface area contributed by atoms with E-state index in [2.05, 4.69) is 10.5 Å². The van der Waals surface area contributed by atoms with Gasteiger partial charge in [0.15, 0.2) is 0 Å². The Hall–Kier alpha value is -3.15. The van der Waals surface area contributed by atoms with Crippen molar-refractivity contribution in [2.45, 2.75) is 0 Å². The summed E-state index contributed by atoms with van der Waals surface area (Å²) in [5, 5.41) is 3.83. The quantitative estimate of drug-likeness (QED) is 0.676. The van der Waals surface area contributed by atoms with Gasteiger partial charge >= 0.3 is 0 Å². The Labute approximate surface area is 133 Å². The standard InChI is InChI=1S/C17H17N3O3/c1-20-12-14(9-10-16(20)21)17(22)19-18-11-5-7-13-6-3-4-8-15(13)23-2/h3-12H,1-2H3,(H,19,22)/b7-5+,18-11-. The summed E-state index contributed by atoms with van der Waals surface area (Å²) in [6.07, 6.45) is 6.43. The molecule has 23 heavy (non-hydrogen) atoms. The number of para-hydroxylation sites is 1. The van der Waals surface area contributed by atoms with E-state index in [0.717, 1.165) is 11.3 Å². The van der Waals surface area contributed by atoms with Crippen LogP contribution in [0, 0.1) is 0 Å². The minimum atomic E-state index is -0.387. The fourth-order valence-corrected chi connectivity index (χ4v) is 1.88. The molecule has 0 bridgehead atoms. The molecule has 2 rings (SSSR count). The average Bonchev–Trinajstić information content (AvgIpc) is 2.57. The van der Waals surface area contributed by atoms with E-state index in [1.165, 1.54) is 29.1 Å². The number of aromatic nitrogens is 1. The predicted molar refractivity (Wildman–Crippen MR) is 89.7 cm³/mol. The van der Waals surface area contributed by atoms with Crippen molar-refractivity contribution in [1.82, 2.24) is 9.99 Å². The molecule has 0 atom stereocenters. The molecule has 1 aromatic heterocycles. The van der Waals surface area contributed by atoms with Crippen molar-refractivity contribution in [2.24, 2.45) is 12.1 Å². The summed E-state index contributed by atoms with van der Waals surface area (Å²) >= 11 is 0. The van der Waals surface area contributed by atoms with Crippen molar-refractivity contribution >= 4 is 18.2 Å². The first kappa shape index (κ1) is 16.2. The van der Waals surface area contributed by atoms with Gasteiger partial charge in [-0.05, 0) is 24.3 Å². The highest BCUT2D eigenvalue weighted by Gasteiger charge is 2.04. The predicted octanol–water partition coefficient (Wildman–Crippen LogP) is 1.82. The van der Waals surface area contributed by atoms with Crippen molar-refractivity contribution in [1.29, 1.82) is 0 Å². The molecule has 118 valence electrons. The Morgan fingerprint density at radius 2 is 2.04 bits per heavy atom. The highest BCUT2D eigenvalue weighted by atomic mass is 16.5. The molecular weight excluding hydrogens is 294 g/mol. The number of nitrogens with zero attached hydrogens (tertiary/aromatic N) is 2. The summed E-state index contributed by atoms with van der Waals surface area (Å²) in [7, 11) is 3.19. The number of hydrogen-bond acceptors (Lipinski definition) is 4. The SMILES string of the molecule is COc1ccccc1/C=C/C=N\NC(=O)c1ccc(=O)n(C)c1. The molecule has 6 heteroatoms. The van der Waals surface area contributed by atoms with Crippen LogP contribution in [0.15, 0.2) is 58.6 Å². The van der Waals surface area contributed by atoms with Crippen LogP contribution in [0.25, 0.3) is 6.08 Å². The molecule has 1 amide bonds. The third-order valence-electron chi connectivity index (χ3n) is 3.09. The van der Waals surface area contributed by atoms with E-state index in [1.54, 1.807) is 20.2 Å². The Morgan fingerprint density at radius 1 is 1.26 bits per heavy atom. The summed E-state index contributed by atoms with van der Waals surface area (Å²) in [5.41, 5.74) is 3.48. The Bertz CT molecular complexity index is 807. The molecule has 0 saturated carbocycles.